The predicted molar refractivity (Wildman–Crippen MR) is 96.1 cm³/mol. The minimum atomic E-state index is -0.947. The Bertz CT molecular complexity index is 1040. The molecule has 0 unspecified atom stereocenters. The number of carbonyl (C=O) groups is 1. The zero-order valence-corrected chi connectivity index (χ0v) is 13.3. The molecule has 0 saturated carbocycles. The number of fused-ring (bicyclic) bond motifs is 1. The van der Waals surface area contributed by atoms with E-state index in [9.17, 15) is 4.79 Å². The number of carboxylic acid groups (broad SMARTS) is 1. The van der Waals surface area contributed by atoms with Gasteiger partial charge < -0.3 is 15.4 Å². The number of aromatic carboxylic acids is 1. The summed E-state index contributed by atoms with van der Waals surface area (Å²) in [6.45, 7) is 0. The number of hydrogen-bond donors (Lipinski definition) is 3. The second-order valence-corrected chi connectivity index (χ2v) is 6.15. The van der Waals surface area contributed by atoms with Gasteiger partial charge in [0.05, 0.1) is 11.3 Å². The number of benzene rings is 2. The molecule has 0 fully saturated rings. The number of hydrogen-bond acceptors (Lipinski definition) is 4. The van der Waals surface area contributed by atoms with Gasteiger partial charge in [-0.2, -0.15) is 0 Å². The van der Waals surface area contributed by atoms with Gasteiger partial charge in [0, 0.05) is 33.7 Å². The Morgan fingerprint density at radius 2 is 2.04 bits per heavy atom. The van der Waals surface area contributed by atoms with Gasteiger partial charge in [0.2, 0.25) is 0 Å². The van der Waals surface area contributed by atoms with Crippen LogP contribution in [0.3, 0.4) is 0 Å². The molecule has 6 heteroatoms. The maximum Gasteiger partial charge on any atom is 0.335 e. The molecule has 0 aliphatic carbocycles. The summed E-state index contributed by atoms with van der Waals surface area (Å²) in [4.78, 5) is 18.9. The fourth-order valence-electron chi connectivity index (χ4n) is 2.59. The lowest BCUT2D eigenvalue weighted by Crippen LogP contribution is -1.97. The minimum Gasteiger partial charge on any atom is -0.478 e. The second kappa shape index (κ2) is 5.82. The lowest BCUT2D eigenvalue weighted by molar-refractivity contribution is 0.0697. The average Bonchev–Trinajstić information content (AvgIpc) is 3.21. The number of carboxylic acids is 1. The first-order chi connectivity index (χ1) is 11.7. The van der Waals surface area contributed by atoms with Crippen LogP contribution in [0.1, 0.15) is 10.4 Å². The van der Waals surface area contributed by atoms with Gasteiger partial charge in [-0.1, -0.05) is 24.3 Å². The molecular formula is C18H13N3O2S. The summed E-state index contributed by atoms with van der Waals surface area (Å²) < 4.78 is 0. The maximum absolute atomic E-state index is 11.0. The first-order valence-electron chi connectivity index (χ1n) is 7.33. The first kappa shape index (κ1) is 14.5. The van der Waals surface area contributed by atoms with Crippen molar-refractivity contribution in [3.8, 4) is 11.3 Å². The van der Waals surface area contributed by atoms with Crippen molar-refractivity contribution in [3.63, 3.8) is 0 Å². The van der Waals surface area contributed by atoms with E-state index in [-0.39, 0.29) is 5.56 Å². The Morgan fingerprint density at radius 3 is 2.92 bits per heavy atom. The lowest BCUT2D eigenvalue weighted by Gasteiger charge is -2.03. The zero-order chi connectivity index (χ0) is 16.5. The fraction of sp³-hybridized carbons (Fsp3) is 0. The number of rotatable bonds is 4. The fourth-order valence-corrected chi connectivity index (χ4v) is 3.32. The maximum atomic E-state index is 11.0. The highest BCUT2D eigenvalue weighted by molar-refractivity contribution is 7.14. The lowest BCUT2D eigenvalue weighted by atomic mass is 10.1. The number of H-pyrrole nitrogens is 1. The number of nitrogens with zero attached hydrogens (tertiary/aromatic N) is 1. The van der Waals surface area contributed by atoms with E-state index < -0.39 is 5.97 Å². The summed E-state index contributed by atoms with van der Waals surface area (Å²) in [5, 5.41) is 16.1. The molecule has 0 saturated heterocycles. The third-order valence-corrected chi connectivity index (χ3v) is 4.49. The zero-order valence-electron chi connectivity index (χ0n) is 12.5. The Balaban J connectivity index is 1.63. The normalized spacial score (nSPS) is 10.8. The largest absolute Gasteiger partial charge is 0.478 e. The molecule has 3 N–H and O–H groups in total. The summed E-state index contributed by atoms with van der Waals surface area (Å²) in [5.74, 6) is -0.947. The van der Waals surface area contributed by atoms with Gasteiger partial charge in [0.25, 0.3) is 0 Å². The smallest absolute Gasteiger partial charge is 0.335 e. The van der Waals surface area contributed by atoms with Gasteiger partial charge in [-0.15, -0.1) is 11.3 Å². The molecule has 0 amide bonds. The van der Waals surface area contributed by atoms with Crippen LogP contribution in [0, 0.1) is 0 Å². The van der Waals surface area contributed by atoms with Crippen molar-refractivity contribution in [1.29, 1.82) is 0 Å². The van der Waals surface area contributed by atoms with Gasteiger partial charge >= 0.3 is 5.97 Å². The highest BCUT2D eigenvalue weighted by atomic mass is 32.1. The van der Waals surface area contributed by atoms with Crippen LogP contribution in [0.15, 0.2) is 60.1 Å². The van der Waals surface area contributed by atoms with E-state index >= 15 is 0 Å². The molecule has 2 aromatic heterocycles. The van der Waals surface area contributed by atoms with Gasteiger partial charge in [-0.25, -0.2) is 9.78 Å². The molecule has 0 radical (unpaired) electrons. The van der Waals surface area contributed by atoms with E-state index in [0.29, 0.717) is 5.69 Å². The summed E-state index contributed by atoms with van der Waals surface area (Å²) in [6.07, 6.45) is 1.95. The summed E-state index contributed by atoms with van der Waals surface area (Å²) >= 11 is 1.48. The van der Waals surface area contributed by atoms with E-state index in [4.69, 9.17) is 5.11 Å². The Hall–Kier alpha value is -3.12. The molecule has 4 rings (SSSR count). The Labute approximate surface area is 141 Å². The summed E-state index contributed by atoms with van der Waals surface area (Å²) in [7, 11) is 0. The number of para-hydroxylation sites is 1. The molecule has 5 nitrogen and oxygen atoms in total. The highest BCUT2D eigenvalue weighted by Gasteiger charge is 2.10. The van der Waals surface area contributed by atoms with E-state index in [1.807, 2.05) is 35.8 Å². The van der Waals surface area contributed by atoms with Crippen molar-refractivity contribution in [2.45, 2.75) is 0 Å². The van der Waals surface area contributed by atoms with Gasteiger partial charge in [-0.05, 0) is 24.3 Å². The molecule has 2 heterocycles. The standard InChI is InChI=1S/C18H13N3O2S/c22-17(23)11-4-3-5-12(8-11)20-18-21-16(10-24-18)14-9-19-15-7-2-1-6-13(14)15/h1-10,19H,(H,20,21)(H,22,23). The first-order valence-corrected chi connectivity index (χ1v) is 8.21. The number of thiazole rings is 1. The number of aromatic nitrogens is 2. The van der Waals surface area contributed by atoms with Gasteiger partial charge in [0.15, 0.2) is 5.13 Å². The van der Waals surface area contributed by atoms with Crippen LogP contribution in [0.2, 0.25) is 0 Å². The molecule has 4 aromatic rings. The summed E-state index contributed by atoms with van der Waals surface area (Å²) in [6, 6.07) is 14.8. The third kappa shape index (κ3) is 2.63. The molecule has 0 atom stereocenters. The Kier molecular flexibility index (Phi) is 3.51. The minimum absolute atomic E-state index is 0.244. The Morgan fingerprint density at radius 1 is 1.17 bits per heavy atom. The molecule has 0 aliphatic heterocycles. The van der Waals surface area contributed by atoms with Crippen molar-refractivity contribution in [2.24, 2.45) is 0 Å². The van der Waals surface area contributed by atoms with Crippen LogP contribution in [0.25, 0.3) is 22.2 Å². The molecule has 24 heavy (non-hydrogen) atoms. The quantitative estimate of drug-likeness (QED) is 0.504. The van der Waals surface area contributed by atoms with Crippen molar-refractivity contribution < 1.29 is 9.90 Å². The van der Waals surface area contributed by atoms with E-state index in [1.54, 1.807) is 18.2 Å². The van der Waals surface area contributed by atoms with Crippen LogP contribution >= 0.6 is 11.3 Å². The highest BCUT2D eigenvalue weighted by Crippen LogP contribution is 2.32. The van der Waals surface area contributed by atoms with Crippen molar-refractivity contribution in [1.82, 2.24) is 9.97 Å². The molecule has 0 spiro atoms. The van der Waals surface area contributed by atoms with E-state index in [2.05, 4.69) is 21.4 Å². The van der Waals surface area contributed by atoms with Crippen LogP contribution in [-0.2, 0) is 0 Å². The molecular weight excluding hydrogens is 322 g/mol. The monoisotopic (exact) mass is 335 g/mol. The number of nitrogens with one attached hydrogen (secondary N) is 2. The van der Waals surface area contributed by atoms with Crippen molar-refractivity contribution in [3.05, 3.63) is 65.7 Å². The topological polar surface area (TPSA) is 78.0 Å². The van der Waals surface area contributed by atoms with Crippen molar-refractivity contribution >= 4 is 39.0 Å². The molecule has 0 aliphatic rings. The average molecular weight is 335 g/mol. The molecule has 2 aromatic carbocycles. The van der Waals surface area contributed by atoms with Crippen LogP contribution in [-0.4, -0.2) is 21.0 Å². The number of anilines is 2. The van der Waals surface area contributed by atoms with Crippen molar-refractivity contribution in [2.75, 3.05) is 5.32 Å². The summed E-state index contributed by atoms with van der Waals surface area (Å²) in [5.41, 5.74) is 3.95. The van der Waals surface area contributed by atoms with Crippen LogP contribution in [0.4, 0.5) is 10.8 Å². The molecule has 118 valence electrons. The third-order valence-electron chi connectivity index (χ3n) is 3.73. The van der Waals surface area contributed by atoms with E-state index in [0.717, 1.165) is 27.3 Å². The van der Waals surface area contributed by atoms with Crippen LogP contribution < -0.4 is 5.32 Å². The predicted octanol–water partition coefficient (Wildman–Crippen LogP) is 4.73. The van der Waals surface area contributed by atoms with E-state index in [1.165, 1.54) is 11.3 Å². The second-order valence-electron chi connectivity index (χ2n) is 5.30. The number of aromatic amines is 1. The van der Waals surface area contributed by atoms with Gasteiger partial charge in [-0.3, -0.25) is 0 Å². The molecule has 0 bridgehead atoms. The van der Waals surface area contributed by atoms with Crippen LogP contribution in [0.5, 0.6) is 0 Å². The SMILES string of the molecule is O=C(O)c1cccc(Nc2nc(-c3c[nH]c4ccccc34)cs2)c1. The van der Waals surface area contributed by atoms with Gasteiger partial charge in [0.1, 0.15) is 0 Å².